The van der Waals surface area contributed by atoms with Crippen LogP contribution in [0.1, 0.15) is 27.9 Å². The Hall–Kier alpha value is -2.29. The molecule has 0 saturated heterocycles. The number of phenols is 1. The van der Waals surface area contributed by atoms with Crippen molar-refractivity contribution in [3.05, 3.63) is 65.2 Å². The van der Waals surface area contributed by atoms with E-state index in [1.165, 1.54) is 5.56 Å². The predicted molar refractivity (Wildman–Crippen MR) is 125 cm³/mol. The molecular formula is C21H29IN4O2. The summed E-state index contributed by atoms with van der Waals surface area (Å²) in [5, 5.41) is 15.9. The number of phenolic OH excluding ortho intramolecular Hbond substituents is 1. The predicted octanol–water partition coefficient (Wildman–Crippen LogP) is 3.01. The van der Waals surface area contributed by atoms with Crippen LogP contribution in [0.2, 0.25) is 0 Å². The first kappa shape index (κ1) is 23.7. The number of aromatic hydroxyl groups is 1. The van der Waals surface area contributed by atoms with E-state index in [0.717, 1.165) is 30.9 Å². The van der Waals surface area contributed by atoms with Crippen molar-refractivity contribution >= 4 is 35.8 Å². The molecule has 152 valence electrons. The third-order valence-electron chi connectivity index (χ3n) is 4.16. The third-order valence-corrected chi connectivity index (χ3v) is 4.16. The fourth-order valence-corrected chi connectivity index (χ4v) is 2.59. The van der Waals surface area contributed by atoms with E-state index in [0.29, 0.717) is 17.9 Å². The molecule has 0 aliphatic carbocycles. The molecule has 6 nitrogen and oxygen atoms in total. The summed E-state index contributed by atoms with van der Waals surface area (Å²) in [7, 11) is 5.23. The second-order valence-electron chi connectivity index (χ2n) is 6.52. The monoisotopic (exact) mass is 496 g/mol. The number of aryl methyl sites for hydroxylation is 1. The maximum atomic E-state index is 11.9. The zero-order valence-corrected chi connectivity index (χ0v) is 18.9. The van der Waals surface area contributed by atoms with Crippen molar-refractivity contribution in [2.75, 3.05) is 27.7 Å². The maximum Gasteiger partial charge on any atom is 0.253 e. The van der Waals surface area contributed by atoms with Crippen molar-refractivity contribution in [1.29, 1.82) is 0 Å². The molecule has 0 radical (unpaired) electrons. The zero-order valence-electron chi connectivity index (χ0n) is 16.6. The van der Waals surface area contributed by atoms with Gasteiger partial charge in [0.25, 0.3) is 5.91 Å². The van der Waals surface area contributed by atoms with E-state index in [-0.39, 0.29) is 29.9 Å². The lowest BCUT2D eigenvalue weighted by molar-refractivity contribution is 0.0827. The third kappa shape index (κ3) is 7.75. The highest BCUT2D eigenvalue weighted by atomic mass is 127. The molecule has 28 heavy (non-hydrogen) atoms. The summed E-state index contributed by atoms with van der Waals surface area (Å²) in [6, 6.07) is 14.9. The summed E-state index contributed by atoms with van der Waals surface area (Å²) in [6.45, 7) is 1.44. The average Bonchev–Trinajstić information content (AvgIpc) is 2.68. The smallest absolute Gasteiger partial charge is 0.253 e. The number of carbonyl (C=O) groups excluding carboxylic acids is 1. The Balaban J connectivity index is 0.00000392. The number of amides is 1. The highest BCUT2D eigenvalue weighted by Gasteiger charge is 2.07. The molecule has 2 aromatic rings. The minimum Gasteiger partial charge on any atom is -0.508 e. The Bertz CT molecular complexity index is 759. The van der Waals surface area contributed by atoms with Gasteiger partial charge in [0.05, 0.1) is 0 Å². The maximum absolute atomic E-state index is 11.9. The van der Waals surface area contributed by atoms with Gasteiger partial charge in [0.15, 0.2) is 5.96 Å². The molecule has 0 heterocycles. The van der Waals surface area contributed by atoms with E-state index in [2.05, 4.69) is 15.6 Å². The molecule has 3 N–H and O–H groups in total. The van der Waals surface area contributed by atoms with Gasteiger partial charge in [-0.3, -0.25) is 9.79 Å². The normalized spacial score (nSPS) is 10.8. The van der Waals surface area contributed by atoms with Crippen molar-refractivity contribution < 1.29 is 9.90 Å². The number of benzene rings is 2. The van der Waals surface area contributed by atoms with E-state index in [1.54, 1.807) is 38.2 Å². The summed E-state index contributed by atoms with van der Waals surface area (Å²) in [4.78, 5) is 17.7. The van der Waals surface area contributed by atoms with E-state index >= 15 is 0 Å². The van der Waals surface area contributed by atoms with Crippen LogP contribution >= 0.6 is 24.0 Å². The van der Waals surface area contributed by atoms with Crippen molar-refractivity contribution in [1.82, 2.24) is 15.5 Å². The molecule has 0 saturated carbocycles. The van der Waals surface area contributed by atoms with Crippen molar-refractivity contribution in [2.45, 2.75) is 19.4 Å². The molecule has 0 atom stereocenters. The van der Waals surface area contributed by atoms with Crippen LogP contribution in [0.25, 0.3) is 0 Å². The summed E-state index contributed by atoms with van der Waals surface area (Å²) in [5.74, 6) is 1.04. The van der Waals surface area contributed by atoms with Crippen LogP contribution in [0, 0.1) is 0 Å². The van der Waals surface area contributed by atoms with E-state index in [4.69, 9.17) is 0 Å². The Kier molecular flexibility index (Phi) is 10.4. The highest BCUT2D eigenvalue weighted by Crippen LogP contribution is 2.10. The summed E-state index contributed by atoms with van der Waals surface area (Å²) >= 11 is 0. The van der Waals surface area contributed by atoms with Gasteiger partial charge < -0.3 is 20.6 Å². The number of rotatable bonds is 7. The van der Waals surface area contributed by atoms with Gasteiger partial charge >= 0.3 is 0 Å². The molecule has 0 fully saturated rings. The van der Waals surface area contributed by atoms with Crippen molar-refractivity contribution in [3.8, 4) is 5.75 Å². The molecule has 1 amide bonds. The number of nitrogens with one attached hydrogen (secondary N) is 2. The SMILES string of the molecule is CN=C(NCCCc1ccc(O)cc1)NCc1ccc(C(=O)N(C)C)cc1.I. The van der Waals surface area contributed by atoms with Crippen molar-refractivity contribution in [2.24, 2.45) is 4.99 Å². The molecule has 2 aromatic carbocycles. The summed E-state index contributed by atoms with van der Waals surface area (Å²) in [6.07, 6.45) is 1.90. The van der Waals surface area contributed by atoms with Gasteiger partial charge in [-0.25, -0.2) is 0 Å². The first-order valence-corrected chi connectivity index (χ1v) is 9.02. The van der Waals surface area contributed by atoms with Gasteiger partial charge in [-0.05, 0) is 48.2 Å². The fourth-order valence-electron chi connectivity index (χ4n) is 2.59. The number of nitrogens with zero attached hydrogens (tertiary/aromatic N) is 2. The molecular weight excluding hydrogens is 467 g/mol. The number of halogens is 1. The topological polar surface area (TPSA) is 77.0 Å². The van der Waals surface area contributed by atoms with Gasteiger partial charge in [0.2, 0.25) is 0 Å². The number of hydrogen-bond donors (Lipinski definition) is 3. The number of carbonyl (C=O) groups is 1. The van der Waals surface area contributed by atoms with E-state index in [9.17, 15) is 9.90 Å². The van der Waals surface area contributed by atoms with E-state index < -0.39 is 0 Å². The molecule has 0 spiro atoms. The van der Waals surface area contributed by atoms with Gasteiger partial charge in [-0.15, -0.1) is 24.0 Å². The van der Waals surface area contributed by atoms with Crippen LogP contribution in [-0.4, -0.2) is 49.6 Å². The Morgan fingerprint density at radius 1 is 1.00 bits per heavy atom. The fraction of sp³-hybridized carbons (Fsp3) is 0.333. The lowest BCUT2D eigenvalue weighted by Crippen LogP contribution is -2.37. The molecule has 0 aliphatic heterocycles. The van der Waals surface area contributed by atoms with Gasteiger partial charge in [-0.1, -0.05) is 24.3 Å². The molecule has 0 aromatic heterocycles. The number of aliphatic imine (C=N–C) groups is 1. The van der Waals surface area contributed by atoms with Crippen LogP contribution in [0.5, 0.6) is 5.75 Å². The van der Waals surface area contributed by atoms with Gasteiger partial charge in [-0.2, -0.15) is 0 Å². The standard InChI is InChI=1S/C21H28N4O2.HI/c1-22-21(23-14-4-5-16-8-12-19(26)13-9-16)24-15-17-6-10-18(11-7-17)20(27)25(2)3;/h6-13,26H,4-5,14-15H2,1-3H3,(H2,22,23,24);1H. The molecule has 0 aliphatic rings. The van der Waals surface area contributed by atoms with E-state index in [1.807, 2.05) is 36.4 Å². The first-order chi connectivity index (χ1) is 13.0. The number of guanidine groups is 1. The Morgan fingerprint density at radius 2 is 1.61 bits per heavy atom. The van der Waals surface area contributed by atoms with Crippen LogP contribution < -0.4 is 10.6 Å². The summed E-state index contributed by atoms with van der Waals surface area (Å²) in [5.41, 5.74) is 2.96. The summed E-state index contributed by atoms with van der Waals surface area (Å²) < 4.78 is 0. The highest BCUT2D eigenvalue weighted by molar-refractivity contribution is 14.0. The molecule has 7 heteroatoms. The minimum absolute atomic E-state index is 0. The van der Waals surface area contributed by atoms with Gasteiger partial charge in [0, 0.05) is 39.8 Å². The second-order valence-corrected chi connectivity index (χ2v) is 6.52. The molecule has 2 rings (SSSR count). The largest absolute Gasteiger partial charge is 0.508 e. The van der Waals surface area contributed by atoms with Crippen LogP contribution in [-0.2, 0) is 13.0 Å². The van der Waals surface area contributed by atoms with Crippen LogP contribution in [0.3, 0.4) is 0 Å². The lowest BCUT2D eigenvalue weighted by Gasteiger charge is -2.13. The lowest BCUT2D eigenvalue weighted by atomic mass is 10.1. The minimum atomic E-state index is 0. The van der Waals surface area contributed by atoms with Crippen molar-refractivity contribution in [3.63, 3.8) is 0 Å². The van der Waals surface area contributed by atoms with Gasteiger partial charge in [0.1, 0.15) is 5.75 Å². The molecule has 0 unspecified atom stereocenters. The molecule has 0 bridgehead atoms. The average molecular weight is 496 g/mol. The van der Waals surface area contributed by atoms with Crippen LogP contribution in [0.15, 0.2) is 53.5 Å². The Morgan fingerprint density at radius 3 is 2.18 bits per heavy atom. The number of hydrogen-bond acceptors (Lipinski definition) is 3. The second kappa shape index (κ2) is 12.2. The Labute approximate surface area is 184 Å². The first-order valence-electron chi connectivity index (χ1n) is 9.02. The quantitative estimate of drug-likeness (QED) is 0.239. The van der Waals surface area contributed by atoms with Crippen LogP contribution in [0.4, 0.5) is 0 Å². The zero-order chi connectivity index (χ0) is 19.6.